The summed E-state index contributed by atoms with van der Waals surface area (Å²) in [5, 5.41) is 0. The molecule has 2 aromatic carbocycles. The number of benzene rings is 2. The third-order valence-corrected chi connectivity index (χ3v) is 4.79. The highest BCUT2D eigenvalue weighted by Crippen LogP contribution is 2.32. The van der Waals surface area contributed by atoms with Crippen LogP contribution in [0.25, 0.3) is 0 Å². The van der Waals surface area contributed by atoms with E-state index in [1.807, 2.05) is 30.0 Å². The molecule has 2 aromatic rings. The highest BCUT2D eigenvalue weighted by atomic mass is 32.2. The Balaban J connectivity index is 1.49. The van der Waals surface area contributed by atoms with E-state index in [2.05, 4.69) is 31.2 Å². The van der Waals surface area contributed by atoms with Crippen LogP contribution in [0.3, 0.4) is 0 Å². The molecule has 0 radical (unpaired) electrons. The zero-order valence-corrected chi connectivity index (χ0v) is 14.0. The van der Waals surface area contributed by atoms with Crippen molar-refractivity contribution < 1.29 is 14.3 Å². The number of ether oxygens (including phenoxy) is 2. The van der Waals surface area contributed by atoms with E-state index < -0.39 is 0 Å². The summed E-state index contributed by atoms with van der Waals surface area (Å²) in [6.45, 7) is 3.15. The summed E-state index contributed by atoms with van der Waals surface area (Å²) in [5.74, 6) is 2.39. The summed E-state index contributed by atoms with van der Waals surface area (Å²) in [6, 6.07) is 14.1. The van der Waals surface area contributed by atoms with Crippen LogP contribution in [-0.2, 0) is 0 Å². The van der Waals surface area contributed by atoms with E-state index in [0.717, 1.165) is 12.2 Å². The van der Waals surface area contributed by atoms with Crippen LogP contribution in [0.5, 0.6) is 11.5 Å². The number of hydrogen-bond acceptors (Lipinski definition) is 4. The van der Waals surface area contributed by atoms with E-state index in [1.54, 1.807) is 0 Å². The van der Waals surface area contributed by atoms with Crippen molar-refractivity contribution in [2.75, 3.05) is 19.0 Å². The number of ketones is 1. The molecule has 1 aliphatic heterocycles. The lowest BCUT2D eigenvalue weighted by Crippen LogP contribution is -2.16. The second-order valence-electron chi connectivity index (χ2n) is 5.51. The Morgan fingerprint density at radius 2 is 2.00 bits per heavy atom. The maximum absolute atomic E-state index is 12.0. The molecule has 0 spiro atoms. The van der Waals surface area contributed by atoms with Gasteiger partial charge in [-0.3, -0.25) is 4.79 Å². The molecule has 4 heteroatoms. The lowest BCUT2D eigenvalue weighted by Gasteiger charge is -2.19. The molecule has 3 rings (SSSR count). The van der Waals surface area contributed by atoms with E-state index in [4.69, 9.17) is 9.47 Å². The fourth-order valence-corrected chi connectivity index (χ4v) is 3.30. The van der Waals surface area contributed by atoms with Crippen LogP contribution >= 0.6 is 11.8 Å². The van der Waals surface area contributed by atoms with Crippen molar-refractivity contribution in [3.63, 3.8) is 0 Å². The minimum atomic E-state index is 0.107. The first-order valence-electron chi connectivity index (χ1n) is 7.85. The monoisotopic (exact) mass is 328 g/mol. The van der Waals surface area contributed by atoms with E-state index in [9.17, 15) is 4.79 Å². The van der Waals surface area contributed by atoms with Gasteiger partial charge in [-0.1, -0.05) is 23.8 Å². The molecule has 3 nitrogen and oxygen atoms in total. The Morgan fingerprint density at radius 1 is 1.17 bits per heavy atom. The van der Waals surface area contributed by atoms with Gasteiger partial charge in [-0.2, -0.15) is 0 Å². The molecule has 0 fully saturated rings. The number of hydrogen-bond donors (Lipinski definition) is 0. The van der Waals surface area contributed by atoms with Gasteiger partial charge in [-0.05, 0) is 37.6 Å². The summed E-state index contributed by atoms with van der Waals surface area (Å²) in [5.41, 5.74) is 1.88. The maximum atomic E-state index is 12.0. The predicted molar refractivity (Wildman–Crippen MR) is 92.9 cm³/mol. The Labute approximate surface area is 141 Å². The molecule has 1 aliphatic rings. The van der Waals surface area contributed by atoms with Crippen molar-refractivity contribution in [1.29, 1.82) is 0 Å². The topological polar surface area (TPSA) is 35.5 Å². The highest BCUT2D eigenvalue weighted by Gasteiger charge is 2.22. The van der Waals surface area contributed by atoms with Gasteiger partial charge in [-0.15, -0.1) is 11.8 Å². The van der Waals surface area contributed by atoms with Gasteiger partial charge >= 0.3 is 0 Å². The first kappa shape index (κ1) is 15.9. The van der Waals surface area contributed by atoms with Crippen molar-refractivity contribution in [3.8, 4) is 11.5 Å². The van der Waals surface area contributed by atoms with E-state index in [0.29, 0.717) is 36.7 Å². The molecule has 0 amide bonds. The number of carbonyl (C=O) groups is 1. The largest absolute Gasteiger partial charge is 0.493 e. The second kappa shape index (κ2) is 7.55. The van der Waals surface area contributed by atoms with Crippen molar-refractivity contribution >= 4 is 17.5 Å². The molecule has 1 heterocycles. The lowest BCUT2D eigenvalue weighted by atomic mass is 10.0. The summed E-state index contributed by atoms with van der Waals surface area (Å²) in [4.78, 5) is 13.3. The van der Waals surface area contributed by atoms with Gasteiger partial charge in [0.05, 0.1) is 13.2 Å². The minimum Gasteiger partial charge on any atom is -0.493 e. The van der Waals surface area contributed by atoms with Crippen LogP contribution in [-0.4, -0.2) is 24.7 Å². The van der Waals surface area contributed by atoms with Crippen LogP contribution in [0.2, 0.25) is 0 Å². The van der Waals surface area contributed by atoms with Gasteiger partial charge in [0.25, 0.3) is 0 Å². The van der Waals surface area contributed by atoms with E-state index in [-0.39, 0.29) is 5.78 Å². The molecule has 23 heavy (non-hydrogen) atoms. The molecular weight excluding hydrogens is 308 g/mol. The SMILES string of the molecule is Cc1ccc(SCCCOc2cccc3c2C(=O)CCO3)cc1. The van der Waals surface area contributed by atoms with Gasteiger partial charge in [0.2, 0.25) is 0 Å². The van der Waals surface area contributed by atoms with Crippen molar-refractivity contribution in [2.24, 2.45) is 0 Å². The Kier molecular flexibility index (Phi) is 5.23. The Morgan fingerprint density at radius 3 is 2.83 bits per heavy atom. The molecule has 120 valence electrons. The van der Waals surface area contributed by atoms with Crippen LogP contribution in [0, 0.1) is 6.92 Å². The van der Waals surface area contributed by atoms with Gasteiger partial charge in [0.15, 0.2) is 5.78 Å². The molecular formula is C19H20O3S. The molecule has 0 unspecified atom stereocenters. The number of Topliss-reactive ketones (excluding diaryl/α,β-unsaturated/α-hetero) is 1. The van der Waals surface area contributed by atoms with Crippen molar-refractivity contribution in [2.45, 2.75) is 24.7 Å². The number of thioether (sulfide) groups is 1. The van der Waals surface area contributed by atoms with Crippen LogP contribution in [0.4, 0.5) is 0 Å². The fraction of sp³-hybridized carbons (Fsp3) is 0.316. The summed E-state index contributed by atoms with van der Waals surface area (Å²) in [7, 11) is 0. The zero-order chi connectivity index (χ0) is 16.1. The smallest absolute Gasteiger partial charge is 0.173 e. The number of fused-ring (bicyclic) bond motifs is 1. The maximum Gasteiger partial charge on any atom is 0.173 e. The highest BCUT2D eigenvalue weighted by molar-refractivity contribution is 7.99. The number of carbonyl (C=O) groups excluding carboxylic acids is 1. The predicted octanol–water partition coefficient (Wildman–Crippen LogP) is 4.52. The van der Waals surface area contributed by atoms with Crippen LogP contribution in [0.15, 0.2) is 47.4 Å². The van der Waals surface area contributed by atoms with Gasteiger partial charge in [0.1, 0.15) is 17.1 Å². The van der Waals surface area contributed by atoms with E-state index >= 15 is 0 Å². The van der Waals surface area contributed by atoms with Crippen LogP contribution in [0.1, 0.15) is 28.8 Å². The Hall–Kier alpha value is -1.94. The Bertz CT molecular complexity index is 680. The van der Waals surface area contributed by atoms with Crippen LogP contribution < -0.4 is 9.47 Å². The normalized spacial score (nSPS) is 13.3. The summed E-state index contributed by atoms with van der Waals surface area (Å²) >= 11 is 1.82. The summed E-state index contributed by atoms with van der Waals surface area (Å²) < 4.78 is 11.3. The molecule has 0 atom stereocenters. The van der Waals surface area contributed by atoms with Crippen molar-refractivity contribution in [1.82, 2.24) is 0 Å². The molecule has 0 N–H and O–H groups in total. The first-order valence-corrected chi connectivity index (χ1v) is 8.84. The third kappa shape index (κ3) is 4.08. The standard InChI is InChI=1S/C19H20O3S/c1-14-6-8-15(9-7-14)23-13-3-11-21-17-4-2-5-18-19(17)16(20)10-12-22-18/h2,4-9H,3,10-13H2,1H3. The van der Waals surface area contributed by atoms with Gasteiger partial charge in [-0.25, -0.2) is 0 Å². The zero-order valence-electron chi connectivity index (χ0n) is 13.2. The average Bonchev–Trinajstić information content (AvgIpc) is 2.56. The first-order chi connectivity index (χ1) is 11.2. The minimum absolute atomic E-state index is 0.107. The number of rotatable bonds is 6. The second-order valence-corrected chi connectivity index (χ2v) is 6.68. The fourth-order valence-electron chi connectivity index (χ4n) is 2.47. The average molecular weight is 328 g/mol. The third-order valence-electron chi connectivity index (χ3n) is 3.69. The van der Waals surface area contributed by atoms with Crippen molar-refractivity contribution in [3.05, 3.63) is 53.6 Å². The molecule has 0 bridgehead atoms. The van der Waals surface area contributed by atoms with Gasteiger partial charge < -0.3 is 9.47 Å². The molecule has 0 saturated heterocycles. The molecule has 0 saturated carbocycles. The van der Waals surface area contributed by atoms with E-state index in [1.165, 1.54) is 10.5 Å². The van der Waals surface area contributed by atoms with Gasteiger partial charge in [0, 0.05) is 17.1 Å². The lowest BCUT2D eigenvalue weighted by molar-refractivity contribution is 0.0928. The quantitative estimate of drug-likeness (QED) is 0.577. The summed E-state index contributed by atoms with van der Waals surface area (Å²) in [6.07, 6.45) is 1.36. The molecule has 0 aliphatic carbocycles. The number of aryl methyl sites for hydroxylation is 1. The molecule has 0 aromatic heterocycles.